The van der Waals surface area contributed by atoms with Crippen molar-refractivity contribution < 1.29 is 27.8 Å². The van der Waals surface area contributed by atoms with Gasteiger partial charge < -0.3 is 14.6 Å². The maximum Gasteiger partial charge on any atom is 0.168 e. The number of aliphatic hydroxyl groups is 1. The van der Waals surface area contributed by atoms with Crippen LogP contribution >= 0.6 is 0 Å². The summed E-state index contributed by atoms with van der Waals surface area (Å²) >= 11 is 0. The second kappa shape index (κ2) is 12.7. The van der Waals surface area contributed by atoms with E-state index in [-0.39, 0.29) is 29.6 Å². The predicted octanol–water partition coefficient (Wildman–Crippen LogP) is 7.82. The third-order valence-electron chi connectivity index (χ3n) is 7.76. The molecule has 0 unspecified atom stereocenters. The molecule has 1 N–H and O–H groups in total. The fourth-order valence-corrected chi connectivity index (χ4v) is 5.55. The molecule has 2 aliphatic carbocycles. The first kappa shape index (κ1) is 26.6. The number of halogens is 3. The van der Waals surface area contributed by atoms with Crippen molar-refractivity contribution in [3.8, 4) is 11.5 Å². The number of hydrogen-bond donors (Lipinski definition) is 1. The predicted molar refractivity (Wildman–Crippen MR) is 135 cm³/mol. The molecule has 0 radical (unpaired) electrons. The molecule has 2 saturated carbocycles. The quantitative estimate of drug-likeness (QED) is 0.266. The van der Waals surface area contributed by atoms with E-state index in [4.69, 9.17) is 9.47 Å². The molecule has 2 aromatic rings. The molecule has 4 rings (SSSR count). The highest BCUT2D eigenvalue weighted by Crippen LogP contribution is 2.40. The lowest BCUT2D eigenvalue weighted by Gasteiger charge is -2.30. The van der Waals surface area contributed by atoms with Gasteiger partial charge in [-0.05, 0) is 105 Å². The summed E-state index contributed by atoms with van der Waals surface area (Å²) in [6.07, 6.45) is 8.97. The lowest BCUT2D eigenvalue weighted by Crippen LogP contribution is -2.21. The Hall–Kier alpha value is -2.47. The van der Waals surface area contributed by atoms with Gasteiger partial charge in [-0.3, -0.25) is 0 Å². The Kier molecular flexibility index (Phi) is 9.35. The minimum Gasteiger partial charge on any atom is -0.493 e. The van der Waals surface area contributed by atoms with Crippen LogP contribution in [0.25, 0.3) is 0 Å². The third-order valence-corrected chi connectivity index (χ3v) is 7.76. The number of benzene rings is 2. The number of unbranched alkanes of at least 4 members (excludes halogenated alkanes) is 1. The van der Waals surface area contributed by atoms with Gasteiger partial charge in [0.25, 0.3) is 0 Å². The summed E-state index contributed by atoms with van der Waals surface area (Å²) in [5.74, 6) is -1.00. The Labute approximate surface area is 212 Å². The molecule has 0 bridgehead atoms. The first-order valence-electron chi connectivity index (χ1n) is 13.3. The van der Waals surface area contributed by atoms with Gasteiger partial charge in [-0.25, -0.2) is 13.2 Å². The van der Waals surface area contributed by atoms with Crippen LogP contribution in [0.15, 0.2) is 43.0 Å². The fourth-order valence-electron chi connectivity index (χ4n) is 5.55. The minimum atomic E-state index is -0.719. The van der Waals surface area contributed by atoms with Gasteiger partial charge in [-0.2, -0.15) is 0 Å². The van der Waals surface area contributed by atoms with Crippen molar-refractivity contribution in [2.75, 3.05) is 13.2 Å². The Morgan fingerprint density at radius 2 is 1.44 bits per heavy atom. The summed E-state index contributed by atoms with van der Waals surface area (Å²) in [4.78, 5) is 0. The zero-order valence-corrected chi connectivity index (χ0v) is 20.9. The van der Waals surface area contributed by atoms with Gasteiger partial charge in [-0.15, -0.1) is 6.58 Å². The van der Waals surface area contributed by atoms with Crippen molar-refractivity contribution in [1.82, 2.24) is 0 Å². The van der Waals surface area contributed by atoms with Crippen LogP contribution in [-0.2, 0) is 0 Å². The van der Waals surface area contributed by atoms with Crippen LogP contribution in [0.5, 0.6) is 11.5 Å². The third kappa shape index (κ3) is 6.64. The Balaban J connectivity index is 1.27. The molecule has 0 aromatic heterocycles. The summed E-state index contributed by atoms with van der Waals surface area (Å²) < 4.78 is 55.7. The van der Waals surface area contributed by atoms with Crippen molar-refractivity contribution in [2.24, 2.45) is 5.92 Å². The van der Waals surface area contributed by atoms with E-state index in [1.807, 2.05) is 6.08 Å². The van der Waals surface area contributed by atoms with E-state index >= 15 is 4.39 Å². The van der Waals surface area contributed by atoms with E-state index in [2.05, 4.69) is 6.58 Å². The molecule has 0 saturated heterocycles. The first-order chi connectivity index (χ1) is 17.5. The topological polar surface area (TPSA) is 38.7 Å². The molecule has 2 aromatic carbocycles. The maximum absolute atomic E-state index is 15.0. The van der Waals surface area contributed by atoms with Crippen LogP contribution in [0, 0.1) is 23.4 Å². The number of hydrogen-bond acceptors (Lipinski definition) is 3. The standard InChI is InChI=1S/C30H37F3O3/c1-2-3-4-17-35-24-13-16-28(27(31)18-24)36-19-20-5-7-21(8-6-20)25-14-15-26(30(33)29(25)32)22-9-11-23(34)12-10-22/h2,13-16,18,20-23,34H,1,3-12,17,19H2. The van der Waals surface area contributed by atoms with Gasteiger partial charge in [0.2, 0.25) is 0 Å². The van der Waals surface area contributed by atoms with E-state index < -0.39 is 17.5 Å². The molecule has 0 aliphatic heterocycles. The molecule has 2 fully saturated rings. The first-order valence-corrected chi connectivity index (χ1v) is 13.3. The molecule has 0 atom stereocenters. The minimum absolute atomic E-state index is 0.0211. The second-order valence-corrected chi connectivity index (χ2v) is 10.3. The van der Waals surface area contributed by atoms with Crippen LogP contribution in [0.1, 0.15) is 87.2 Å². The SMILES string of the molecule is C=CCCCOc1ccc(OCC2CCC(c3ccc(C4CCC(O)CC4)c(F)c3F)CC2)c(F)c1. The number of allylic oxidation sites excluding steroid dienone is 1. The largest absolute Gasteiger partial charge is 0.493 e. The van der Waals surface area contributed by atoms with Gasteiger partial charge in [0.1, 0.15) is 5.75 Å². The van der Waals surface area contributed by atoms with Gasteiger partial charge in [0.15, 0.2) is 23.2 Å². The summed E-state index contributed by atoms with van der Waals surface area (Å²) in [5.41, 5.74) is 0.904. The van der Waals surface area contributed by atoms with E-state index in [1.165, 1.54) is 6.07 Å². The van der Waals surface area contributed by atoms with E-state index in [0.717, 1.165) is 38.5 Å². The smallest absolute Gasteiger partial charge is 0.168 e. The molecule has 3 nitrogen and oxygen atoms in total. The Bertz CT molecular complexity index is 1010. The lowest BCUT2D eigenvalue weighted by atomic mass is 9.77. The van der Waals surface area contributed by atoms with Crippen molar-refractivity contribution in [2.45, 2.75) is 82.1 Å². The summed E-state index contributed by atoms with van der Waals surface area (Å²) in [5, 5.41) is 9.70. The highest BCUT2D eigenvalue weighted by molar-refractivity contribution is 5.33. The van der Waals surface area contributed by atoms with Crippen molar-refractivity contribution in [3.63, 3.8) is 0 Å². The van der Waals surface area contributed by atoms with E-state index in [9.17, 15) is 13.9 Å². The van der Waals surface area contributed by atoms with Crippen LogP contribution < -0.4 is 9.47 Å². The molecular weight excluding hydrogens is 465 g/mol. The van der Waals surface area contributed by atoms with Gasteiger partial charge >= 0.3 is 0 Å². The lowest BCUT2D eigenvalue weighted by molar-refractivity contribution is 0.122. The molecule has 2 aliphatic rings. The Morgan fingerprint density at radius 1 is 0.833 bits per heavy atom. The average Bonchev–Trinajstić information content (AvgIpc) is 2.89. The summed E-state index contributed by atoms with van der Waals surface area (Å²) in [7, 11) is 0. The van der Waals surface area contributed by atoms with Crippen LogP contribution in [0.3, 0.4) is 0 Å². The summed E-state index contributed by atoms with van der Waals surface area (Å²) in [6.45, 7) is 4.57. The van der Waals surface area contributed by atoms with Crippen molar-refractivity contribution in [1.29, 1.82) is 0 Å². The van der Waals surface area contributed by atoms with E-state index in [0.29, 0.717) is 55.8 Å². The van der Waals surface area contributed by atoms with Crippen LogP contribution in [0.4, 0.5) is 13.2 Å². The number of aliphatic hydroxyl groups excluding tert-OH is 1. The van der Waals surface area contributed by atoms with Crippen molar-refractivity contribution >= 4 is 0 Å². The van der Waals surface area contributed by atoms with Gasteiger partial charge in [-0.1, -0.05) is 18.2 Å². The van der Waals surface area contributed by atoms with Gasteiger partial charge in [0, 0.05) is 6.07 Å². The zero-order chi connectivity index (χ0) is 25.5. The molecule has 0 heterocycles. The molecule has 0 amide bonds. The van der Waals surface area contributed by atoms with Gasteiger partial charge in [0.05, 0.1) is 19.3 Å². The fraction of sp³-hybridized carbons (Fsp3) is 0.533. The highest BCUT2D eigenvalue weighted by atomic mass is 19.2. The van der Waals surface area contributed by atoms with Crippen LogP contribution in [0.2, 0.25) is 0 Å². The van der Waals surface area contributed by atoms with Crippen LogP contribution in [-0.4, -0.2) is 24.4 Å². The second-order valence-electron chi connectivity index (χ2n) is 10.3. The average molecular weight is 503 g/mol. The molecule has 196 valence electrons. The molecular formula is C30H37F3O3. The van der Waals surface area contributed by atoms with E-state index in [1.54, 1.807) is 24.3 Å². The zero-order valence-electron chi connectivity index (χ0n) is 20.9. The Morgan fingerprint density at radius 3 is 2.03 bits per heavy atom. The molecule has 6 heteroatoms. The molecule has 0 spiro atoms. The highest BCUT2D eigenvalue weighted by Gasteiger charge is 2.29. The normalized spacial score (nSPS) is 24.3. The van der Waals surface area contributed by atoms with Crippen molar-refractivity contribution in [3.05, 3.63) is 71.6 Å². The number of rotatable bonds is 10. The number of ether oxygens (including phenoxy) is 2. The maximum atomic E-state index is 15.0. The molecule has 36 heavy (non-hydrogen) atoms. The monoisotopic (exact) mass is 502 g/mol. The summed E-state index contributed by atoms with van der Waals surface area (Å²) in [6, 6.07) is 8.16.